The Morgan fingerprint density at radius 1 is 1.07 bits per heavy atom. The SMILES string of the molecule is CC(C)c1ccc(C(C)CON)cc1. The lowest BCUT2D eigenvalue weighted by Crippen LogP contribution is -2.08. The van der Waals surface area contributed by atoms with Gasteiger partial charge in [0.1, 0.15) is 0 Å². The first-order valence-electron chi connectivity index (χ1n) is 5.06. The molecule has 0 heterocycles. The van der Waals surface area contributed by atoms with E-state index in [1.807, 2.05) is 0 Å². The van der Waals surface area contributed by atoms with E-state index in [1.165, 1.54) is 11.1 Å². The zero-order valence-electron chi connectivity index (χ0n) is 9.16. The molecule has 1 aromatic rings. The third-order valence-corrected chi connectivity index (χ3v) is 2.52. The summed E-state index contributed by atoms with van der Waals surface area (Å²) in [5.41, 5.74) is 2.65. The van der Waals surface area contributed by atoms with Crippen LogP contribution in [0.15, 0.2) is 24.3 Å². The summed E-state index contributed by atoms with van der Waals surface area (Å²) in [5, 5.41) is 0. The average molecular weight is 193 g/mol. The Bertz CT molecular complexity index is 266. The predicted octanol–water partition coefficient (Wildman–Crippen LogP) is 2.80. The monoisotopic (exact) mass is 193 g/mol. The molecule has 2 heteroatoms. The lowest BCUT2D eigenvalue weighted by Gasteiger charge is -2.11. The smallest absolute Gasteiger partial charge is 0.0745 e. The van der Waals surface area contributed by atoms with Crippen LogP contribution in [0.5, 0.6) is 0 Å². The van der Waals surface area contributed by atoms with Crippen molar-refractivity contribution in [2.75, 3.05) is 6.61 Å². The molecule has 2 nitrogen and oxygen atoms in total. The highest BCUT2D eigenvalue weighted by Crippen LogP contribution is 2.19. The van der Waals surface area contributed by atoms with E-state index in [9.17, 15) is 0 Å². The molecule has 1 aromatic carbocycles. The summed E-state index contributed by atoms with van der Waals surface area (Å²) in [6.07, 6.45) is 0. The van der Waals surface area contributed by atoms with Crippen LogP contribution < -0.4 is 5.90 Å². The topological polar surface area (TPSA) is 35.2 Å². The van der Waals surface area contributed by atoms with Gasteiger partial charge in [0.2, 0.25) is 0 Å². The van der Waals surface area contributed by atoms with Crippen LogP contribution in [0.2, 0.25) is 0 Å². The summed E-state index contributed by atoms with van der Waals surface area (Å²) in [5.74, 6) is 6.00. The maximum Gasteiger partial charge on any atom is 0.0745 e. The minimum Gasteiger partial charge on any atom is -0.304 e. The minimum absolute atomic E-state index is 0.362. The second-order valence-electron chi connectivity index (χ2n) is 4.06. The standard InChI is InChI=1S/C12H19NO/c1-9(2)11-4-6-12(7-5-11)10(3)8-14-13/h4-7,9-10H,8,13H2,1-3H3. The third-order valence-electron chi connectivity index (χ3n) is 2.52. The second kappa shape index (κ2) is 5.13. The van der Waals surface area contributed by atoms with Crippen LogP contribution >= 0.6 is 0 Å². The fraction of sp³-hybridized carbons (Fsp3) is 0.500. The van der Waals surface area contributed by atoms with Crippen LogP contribution in [0, 0.1) is 0 Å². The first-order chi connectivity index (χ1) is 6.65. The van der Waals surface area contributed by atoms with Gasteiger partial charge < -0.3 is 4.84 Å². The van der Waals surface area contributed by atoms with Crippen molar-refractivity contribution in [2.45, 2.75) is 32.6 Å². The van der Waals surface area contributed by atoms with E-state index in [0.29, 0.717) is 18.4 Å². The lowest BCUT2D eigenvalue weighted by atomic mass is 9.97. The van der Waals surface area contributed by atoms with E-state index in [2.05, 4.69) is 49.9 Å². The minimum atomic E-state index is 0.362. The normalized spacial score (nSPS) is 13.2. The number of hydrogen-bond acceptors (Lipinski definition) is 2. The zero-order valence-corrected chi connectivity index (χ0v) is 9.16. The molecule has 0 spiro atoms. The Morgan fingerprint density at radius 2 is 1.57 bits per heavy atom. The summed E-state index contributed by atoms with van der Waals surface area (Å²) < 4.78 is 0. The van der Waals surface area contributed by atoms with Gasteiger partial charge in [0, 0.05) is 5.92 Å². The van der Waals surface area contributed by atoms with Crippen molar-refractivity contribution >= 4 is 0 Å². The molecule has 1 rings (SSSR count). The quantitative estimate of drug-likeness (QED) is 0.746. The maximum absolute atomic E-state index is 5.04. The van der Waals surface area contributed by atoms with Crippen LogP contribution in [0.4, 0.5) is 0 Å². The average Bonchev–Trinajstić information content (AvgIpc) is 2.18. The molecule has 0 bridgehead atoms. The van der Waals surface area contributed by atoms with Gasteiger partial charge in [-0.15, -0.1) is 0 Å². The van der Waals surface area contributed by atoms with Crippen molar-refractivity contribution in [2.24, 2.45) is 5.90 Å². The largest absolute Gasteiger partial charge is 0.304 e. The zero-order chi connectivity index (χ0) is 10.6. The van der Waals surface area contributed by atoms with Crippen LogP contribution in [0.1, 0.15) is 43.7 Å². The van der Waals surface area contributed by atoms with Crippen LogP contribution in [-0.4, -0.2) is 6.61 Å². The summed E-state index contributed by atoms with van der Waals surface area (Å²) in [6.45, 7) is 7.07. The van der Waals surface area contributed by atoms with Gasteiger partial charge in [-0.25, -0.2) is 5.90 Å². The molecule has 0 saturated heterocycles. The van der Waals surface area contributed by atoms with Crippen molar-refractivity contribution < 1.29 is 4.84 Å². The van der Waals surface area contributed by atoms with E-state index in [-0.39, 0.29) is 0 Å². The van der Waals surface area contributed by atoms with E-state index < -0.39 is 0 Å². The molecular formula is C12H19NO. The number of hydrogen-bond donors (Lipinski definition) is 1. The van der Waals surface area contributed by atoms with Gasteiger partial charge in [-0.05, 0) is 17.0 Å². The van der Waals surface area contributed by atoms with Gasteiger partial charge in [0.25, 0.3) is 0 Å². The van der Waals surface area contributed by atoms with Gasteiger partial charge >= 0.3 is 0 Å². The number of rotatable bonds is 4. The second-order valence-corrected chi connectivity index (χ2v) is 4.06. The van der Waals surface area contributed by atoms with E-state index in [0.717, 1.165) is 0 Å². The number of benzene rings is 1. The summed E-state index contributed by atoms with van der Waals surface area (Å²) in [6, 6.07) is 8.65. The van der Waals surface area contributed by atoms with Gasteiger partial charge in [-0.1, -0.05) is 45.0 Å². The molecule has 0 aromatic heterocycles. The molecule has 0 aliphatic heterocycles. The van der Waals surface area contributed by atoms with Gasteiger partial charge in [-0.2, -0.15) is 0 Å². The molecule has 0 aliphatic carbocycles. The fourth-order valence-electron chi connectivity index (χ4n) is 1.45. The molecule has 78 valence electrons. The molecule has 0 saturated carbocycles. The van der Waals surface area contributed by atoms with E-state index >= 15 is 0 Å². The molecule has 0 fully saturated rings. The molecule has 0 aliphatic rings. The molecule has 14 heavy (non-hydrogen) atoms. The molecule has 1 atom stereocenters. The first kappa shape index (κ1) is 11.2. The van der Waals surface area contributed by atoms with Crippen LogP contribution in [0.25, 0.3) is 0 Å². The lowest BCUT2D eigenvalue weighted by molar-refractivity contribution is 0.126. The van der Waals surface area contributed by atoms with Gasteiger partial charge in [-0.3, -0.25) is 0 Å². The highest BCUT2D eigenvalue weighted by molar-refractivity contribution is 5.26. The van der Waals surface area contributed by atoms with Crippen molar-refractivity contribution in [3.05, 3.63) is 35.4 Å². The van der Waals surface area contributed by atoms with Crippen molar-refractivity contribution in [1.29, 1.82) is 0 Å². The van der Waals surface area contributed by atoms with E-state index in [1.54, 1.807) is 0 Å². The Balaban J connectivity index is 2.72. The van der Waals surface area contributed by atoms with E-state index in [4.69, 9.17) is 5.90 Å². The van der Waals surface area contributed by atoms with Crippen molar-refractivity contribution in [3.63, 3.8) is 0 Å². The fourth-order valence-corrected chi connectivity index (χ4v) is 1.45. The Labute approximate surface area is 86.0 Å². The van der Waals surface area contributed by atoms with Gasteiger partial charge in [0.05, 0.1) is 6.61 Å². The predicted molar refractivity (Wildman–Crippen MR) is 59.1 cm³/mol. The summed E-state index contributed by atoms with van der Waals surface area (Å²) >= 11 is 0. The van der Waals surface area contributed by atoms with Crippen molar-refractivity contribution in [3.8, 4) is 0 Å². The van der Waals surface area contributed by atoms with Crippen LogP contribution in [0.3, 0.4) is 0 Å². The van der Waals surface area contributed by atoms with Crippen LogP contribution in [-0.2, 0) is 4.84 Å². The van der Waals surface area contributed by atoms with Crippen molar-refractivity contribution in [1.82, 2.24) is 0 Å². The molecule has 0 radical (unpaired) electrons. The number of nitrogens with two attached hydrogens (primary N) is 1. The maximum atomic E-state index is 5.04. The Kier molecular flexibility index (Phi) is 4.11. The first-order valence-corrected chi connectivity index (χ1v) is 5.06. The highest BCUT2D eigenvalue weighted by Gasteiger charge is 2.05. The Hall–Kier alpha value is -0.860. The van der Waals surface area contributed by atoms with Gasteiger partial charge in [0.15, 0.2) is 0 Å². The molecule has 1 unspecified atom stereocenters. The molecule has 2 N–H and O–H groups in total. The summed E-state index contributed by atoms with van der Waals surface area (Å²) in [4.78, 5) is 4.64. The molecule has 0 amide bonds. The third kappa shape index (κ3) is 2.82. The summed E-state index contributed by atoms with van der Waals surface area (Å²) in [7, 11) is 0. The molecular weight excluding hydrogens is 174 g/mol. The Morgan fingerprint density at radius 3 is 2.00 bits per heavy atom. The highest BCUT2D eigenvalue weighted by atomic mass is 16.6.